The van der Waals surface area contributed by atoms with Crippen LogP contribution in [0.5, 0.6) is 5.75 Å². The van der Waals surface area contributed by atoms with Crippen LogP contribution in [0.25, 0.3) is 0 Å². The molecule has 0 aromatic heterocycles. The fourth-order valence-electron chi connectivity index (χ4n) is 2.03. The molecular formula is C17H18F2N2O2S. The Labute approximate surface area is 143 Å². The average molecular weight is 352 g/mol. The number of hydrogen-bond acceptors (Lipinski definition) is 4. The summed E-state index contributed by atoms with van der Waals surface area (Å²) < 4.78 is 30.5. The van der Waals surface area contributed by atoms with Crippen molar-refractivity contribution in [2.24, 2.45) is 0 Å². The van der Waals surface area contributed by atoms with Crippen LogP contribution in [0.15, 0.2) is 53.4 Å². The Balaban J connectivity index is 1.97. The van der Waals surface area contributed by atoms with Crippen molar-refractivity contribution in [2.45, 2.75) is 17.6 Å². The summed E-state index contributed by atoms with van der Waals surface area (Å²) in [6.45, 7) is 2.31. The number of halogens is 2. The number of anilines is 2. The number of rotatable bonds is 8. The number of hydrogen-bond donors (Lipinski definition) is 2. The number of para-hydroxylation sites is 3. The molecular weight excluding hydrogens is 334 g/mol. The number of amides is 1. The molecule has 0 heterocycles. The summed E-state index contributed by atoms with van der Waals surface area (Å²) in [6.07, 6.45) is 0. The van der Waals surface area contributed by atoms with Gasteiger partial charge in [0.05, 0.1) is 18.8 Å². The van der Waals surface area contributed by atoms with E-state index >= 15 is 0 Å². The van der Waals surface area contributed by atoms with Gasteiger partial charge >= 0.3 is 0 Å². The van der Waals surface area contributed by atoms with E-state index in [0.29, 0.717) is 40.4 Å². The van der Waals surface area contributed by atoms with Gasteiger partial charge < -0.3 is 15.4 Å². The summed E-state index contributed by atoms with van der Waals surface area (Å²) in [5, 5.41) is 5.63. The lowest BCUT2D eigenvalue weighted by Crippen LogP contribution is -2.22. The smallest absolute Gasteiger partial charge is 0.288 e. The maximum Gasteiger partial charge on any atom is 0.288 e. The molecule has 2 aromatic carbocycles. The highest BCUT2D eigenvalue weighted by atomic mass is 32.2. The molecule has 128 valence electrons. The average Bonchev–Trinajstić information content (AvgIpc) is 2.55. The maximum atomic E-state index is 12.5. The molecule has 0 spiro atoms. The predicted octanol–water partition coefficient (Wildman–Crippen LogP) is 4.45. The lowest BCUT2D eigenvalue weighted by Gasteiger charge is -2.13. The first kappa shape index (κ1) is 18.1. The monoisotopic (exact) mass is 352 g/mol. The molecule has 0 aliphatic heterocycles. The molecule has 0 unspecified atom stereocenters. The van der Waals surface area contributed by atoms with Gasteiger partial charge in [-0.05, 0) is 31.2 Å². The first-order chi connectivity index (χ1) is 11.6. The second-order valence-electron chi connectivity index (χ2n) is 4.71. The van der Waals surface area contributed by atoms with E-state index in [2.05, 4.69) is 10.6 Å². The largest absolute Gasteiger partial charge is 0.492 e. The van der Waals surface area contributed by atoms with E-state index in [1.807, 2.05) is 13.0 Å². The number of thioether (sulfide) groups is 1. The van der Waals surface area contributed by atoms with E-state index < -0.39 is 5.76 Å². The molecule has 2 aromatic rings. The Morgan fingerprint density at radius 2 is 1.79 bits per heavy atom. The number of carbonyl (C=O) groups is 1. The Bertz CT molecular complexity index is 683. The quantitative estimate of drug-likeness (QED) is 0.689. The maximum absolute atomic E-state index is 12.5. The van der Waals surface area contributed by atoms with Gasteiger partial charge in [-0.15, -0.1) is 0 Å². The summed E-state index contributed by atoms with van der Waals surface area (Å²) >= 11 is 0.442. The van der Waals surface area contributed by atoms with Gasteiger partial charge in [0.1, 0.15) is 5.75 Å². The third kappa shape index (κ3) is 5.42. The van der Waals surface area contributed by atoms with Crippen molar-refractivity contribution in [2.75, 3.05) is 23.8 Å². The summed E-state index contributed by atoms with van der Waals surface area (Å²) in [5.74, 6) is -2.22. The van der Waals surface area contributed by atoms with E-state index in [-0.39, 0.29) is 12.5 Å². The predicted molar refractivity (Wildman–Crippen MR) is 93.0 cm³/mol. The fourth-order valence-corrected chi connectivity index (χ4v) is 2.65. The van der Waals surface area contributed by atoms with Crippen molar-refractivity contribution in [3.63, 3.8) is 0 Å². The Morgan fingerprint density at radius 3 is 2.50 bits per heavy atom. The SMILES string of the molecule is CCOc1ccccc1NC(=O)CNc1ccccc1SC(F)F. The lowest BCUT2D eigenvalue weighted by molar-refractivity contribution is -0.114. The van der Waals surface area contributed by atoms with Crippen LogP contribution in [0.2, 0.25) is 0 Å². The van der Waals surface area contributed by atoms with E-state index in [4.69, 9.17) is 4.74 Å². The molecule has 0 radical (unpaired) electrons. The summed E-state index contributed by atoms with van der Waals surface area (Å²) in [5.41, 5.74) is 1.07. The van der Waals surface area contributed by atoms with Crippen molar-refractivity contribution >= 4 is 29.0 Å². The van der Waals surface area contributed by atoms with Crippen LogP contribution in [0.3, 0.4) is 0 Å². The zero-order chi connectivity index (χ0) is 17.4. The molecule has 0 aliphatic carbocycles. The van der Waals surface area contributed by atoms with Gasteiger partial charge in [0, 0.05) is 10.6 Å². The highest BCUT2D eigenvalue weighted by molar-refractivity contribution is 7.99. The minimum absolute atomic E-state index is 0.0404. The number of alkyl halides is 2. The van der Waals surface area contributed by atoms with Crippen molar-refractivity contribution in [1.82, 2.24) is 0 Å². The molecule has 0 aliphatic rings. The molecule has 1 amide bonds. The van der Waals surface area contributed by atoms with Crippen molar-refractivity contribution in [3.8, 4) is 5.75 Å². The number of ether oxygens (including phenoxy) is 1. The van der Waals surface area contributed by atoms with Crippen molar-refractivity contribution < 1.29 is 18.3 Å². The second kappa shape index (κ2) is 9.12. The van der Waals surface area contributed by atoms with Crippen molar-refractivity contribution in [3.05, 3.63) is 48.5 Å². The first-order valence-corrected chi connectivity index (χ1v) is 8.27. The first-order valence-electron chi connectivity index (χ1n) is 7.39. The van der Waals surface area contributed by atoms with Gasteiger partial charge in [-0.1, -0.05) is 36.0 Å². The number of benzene rings is 2. The molecule has 0 bridgehead atoms. The van der Waals surface area contributed by atoms with Crippen molar-refractivity contribution in [1.29, 1.82) is 0 Å². The lowest BCUT2D eigenvalue weighted by atomic mass is 10.3. The van der Waals surface area contributed by atoms with Crippen LogP contribution in [0.4, 0.5) is 20.2 Å². The normalized spacial score (nSPS) is 10.5. The van der Waals surface area contributed by atoms with Gasteiger partial charge in [0.15, 0.2) is 0 Å². The van der Waals surface area contributed by atoms with Gasteiger partial charge in [-0.2, -0.15) is 8.78 Å². The van der Waals surface area contributed by atoms with Crippen LogP contribution in [-0.4, -0.2) is 24.8 Å². The van der Waals surface area contributed by atoms with Crippen LogP contribution in [0, 0.1) is 0 Å². The van der Waals surface area contributed by atoms with Crippen LogP contribution >= 0.6 is 11.8 Å². The molecule has 2 rings (SSSR count). The minimum Gasteiger partial charge on any atom is -0.492 e. The standard InChI is InChI=1S/C17H18F2N2O2S/c1-2-23-14-9-5-3-7-12(14)21-16(22)11-20-13-8-4-6-10-15(13)24-17(18)19/h3-10,17,20H,2,11H2,1H3,(H,21,22). The third-order valence-electron chi connectivity index (χ3n) is 3.00. The van der Waals surface area contributed by atoms with Crippen LogP contribution in [0.1, 0.15) is 6.92 Å². The summed E-state index contributed by atoms with van der Waals surface area (Å²) in [4.78, 5) is 12.5. The molecule has 24 heavy (non-hydrogen) atoms. The highest BCUT2D eigenvalue weighted by Crippen LogP contribution is 2.31. The molecule has 7 heteroatoms. The highest BCUT2D eigenvalue weighted by Gasteiger charge is 2.11. The molecule has 0 fully saturated rings. The number of carbonyl (C=O) groups excluding carboxylic acids is 1. The topological polar surface area (TPSA) is 50.4 Å². The zero-order valence-electron chi connectivity index (χ0n) is 13.1. The van der Waals surface area contributed by atoms with Gasteiger partial charge in [-0.3, -0.25) is 4.79 Å². The Kier molecular flexibility index (Phi) is 6.87. The molecule has 2 N–H and O–H groups in total. The van der Waals surface area contributed by atoms with E-state index in [1.54, 1.807) is 42.5 Å². The molecule has 0 atom stereocenters. The van der Waals surface area contributed by atoms with Gasteiger partial charge in [0.25, 0.3) is 5.76 Å². The number of nitrogens with one attached hydrogen (secondary N) is 2. The summed E-state index contributed by atoms with van der Waals surface area (Å²) in [6, 6.07) is 13.8. The van der Waals surface area contributed by atoms with Gasteiger partial charge in [-0.25, -0.2) is 0 Å². The Hall–Kier alpha value is -2.28. The van der Waals surface area contributed by atoms with E-state index in [0.717, 1.165) is 0 Å². The Morgan fingerprint density at radius 1 is 1.12 bits per heavy atom. The molecule has 4 nitrogen and oxygen atoms in total. The van der Waals surface area contributed by atoms with Crippen LogP contribution < -0.4 is 15.4 Å². The second-order valence-corrected chi connectivity index (χ2v) is 5.74. The molecule has 0 saturated heterocycles. The van der Waals surface area contributed by atoms with Gasteiger partial charge in [0.2, 0.25) is 5.91 Å². The third-order valence-corrected chi connectivity index (χ3v) is 3.79. The van der Waals surface area contributed by atoms with E-state index in [9.17, 15) is 13.6 Å². The van der Waals surface area contributed by atoms with Crippen LogP contribution in [-0.2, 0) is 4.79 Å². The fraction of sp³-hybridized carbons (Fsp3) is 0.235. The zero-order valence-corrected chi connectivity index (χ0v) is 13.9. The van der Waals surface area contributed by atoms with E-state index in [1.165, 1.54) is 0 Å². The summed E-state index contributed by atoms with van der Waals surface area (Å²) in [7, 11) is 0. The molecule has 0 saturated carbocycles. The minimum atomic E-state index is -2.51.